The van der Waals surface area contributed by atoms with Crippen LogP contribution in [0.5, 0.6) is 0 Å². The maximum absolute atomic E-state index is 5.49. The molecule has 3 nitrogen and oxygen atoms in total. The Morgan fingerprint density at radius 2 is 1.83 bits per heavy atom. The van der Waals surface area contributed by atoms with Gasteiger partial charge in [-0.15, -0.1) is 0 Å². The average Bonchev–Trinajstić information content (AvgIpc) is 2.59. The van der Waals surface area contributed by atoms with Crippen LogP contribution in [0.1, 0.15) is 25.0 Å². The predicted octanol–water partition coefficient (Wildman–Crippen LogP) is 4.95. The molecule has 0 aromatic heterocycles. The van der Waals surface area contributed by atoms with E-state index in [4.69, 9.17) is 4.74 Å². The van der Waals surface area contributed by atoms with Gasteiger partial charge in [-0.3, -0.25) is 0 Å². The maximum atomic E-state index is 5.49. The van der Waals surface area contributed by atoms with Gasteiger partial charge in [0.2, 0.25) is 0 Å². The summed E-state index contributed by atoms with van der Waals surface area (Å²) in [5.74, 6) is 0. The molecule has 3 rings (SSSR count). The number of benzene rings is 2. The van der Waals surface area contributed by atoms with Crippen molar-refractivity contribution < 1.29 is 4.74 Å². The van der Waals surface area contributed by atoms with E-state index in [0.29, 0.717) is 0 Å². The molecule has 0 fully saturated rings. The molecule has 1 atom stereocenters. The second-order valence-corrected chi connectivity index (χ2v) is 7.57. The van der Waals surface area contributed by atoms with Gasteiger partial charge in [-0.2, -0.15) is 0 Å². The van der Waals surface area contributed by atoms with Gasteiger partial charge in [-0.25, -0.2) is 0 Å². The Labute approximate surface area is 149 Å². The van der Waals surface area contributed by atoms with Gasteiger partial charge >= 0.3 is 0 Å². The third kappa shape index (κ3) is 3.61. The number of nitrogens with zero attached hydrogens (tertiary/aromatic N) is 2. The Hall–Kier alpha value is -1.49. The molecule has 4 heteroatoms. The van der Waals surface area contributed by atoms with Gasteiger partial charge in [0.25, 0.3) is 0 Å². The molecule has 1 unspecified atom stereocenters. The molecule has 1 heterocycles. The fourth-order valence-electron chi connectivity index (χ4n) is 3.03. The Kier molecular flexibility index (Phi) is 5.49. The average molecular weight is 343 g/mol. The van der Waals surface area contributed by atoms with Gasteiger partial charge in [0.1, 0.15) is 0 Å². The zero-order valence-electron chi connectivity index (χ0n) is 15.0. The number of para-hydroxylation sites is 1. The molecule has 2 aromatic carbocycles. The van der Waals surface area contributed by atoms with Crippen molar-refractivity contribution in [3.63, 3.8) is 0 Å². The number of fused-ring (bicyclic) bond motifs is 2. The first-order chi connectivity index (χ1) is 11.6. The topological polar surface area (TPSA) is 15.7 Å². The van der Waals surface area contributed by atoms with Crippen LogP contribution in [0, 0.1) is 0 Å². The molecule has 1 aliphatic heterocycles. The monoisotopic (exact) mass is 342 g/mol. The Bertz CT molecular complexity index is 702. The van der Waals surface area contributed by atoms with E-state index in [1.807, 2.05) is 11.8 Å². The lowest BCUT2D eigenvalue weighted by Gasteiger charge is -2.33. The zero-order valence-corrected chi connectivity index (χ0v) is 15.8. The number of methoxy groups -OCH3 is 1. The van der Waals surface area contributed by atoms with E-state index in [-0.39, 0.29) is 6.10 Å². The number of rotatable bonds is 6. The summed E-state index contributed by atoms with van der Waals surface area (Å²) in [7, 11) is 6.03. The predicted molar refractivity (Wildman–Crippen MR) is 103 cm³/mol. The number of ether oxygens (including phenoxy) is 1. The Morgan fingerprint density at radius 1 is 1.08 bits per heavy atom. The molecule has 0 amide bonds. The van der Waals surface area contributed by atoms with Crippen LogP contribution in [-0.4, -0.2) is 39.2 Å². The third-order valence-corrected chi connectivity index (χ3v) is 5.57. The Morgan fingerprint density at radius 3 is 2.58 bits per heavy atom. The van der Waals surface area contributed by atoms with E-state index in [2.05, 4.69) is 73.3 Å². The Balaban J connectivity index is 1.93. The van der Waals surface area contributed by atoms with Crippen LogP contribution in [0.25, 0.3) is 0 Å². The molecule has 0 spiro atoms. The molecule has 0 aliphatic carbocycles. The summed E-state index contributed by atoms with van der Waals surface area (Å²) in [5, 5.41) is 0. The second kappa shape index (κ2) is 7.60. The minimum Gasteiger partial charge on any atom is -0.377 e. The highest BCUT2D eigenvalue weighted by molar-refractivity contribution is 7.99. The van der Waals surface area contributed by atoms with Crippen LogP contribution in [-0.2, 0) is 4.74 Å². The summed E-state index contributed by atoms with van der Waals surface area (Å²) in [6.07, 6.45) is 1.26. The van der Waals surface area contributed by atoms with Crippen molar-refractivity contribution >= 4 is 23.1 Å². The van der Waals surface area contributed by atoms with Crippen molar-refractivity contribution in [3.8, 4) is 0 Å². The highest BCUT2D eigenvalue weighted by Crippen LogP contribution is 2.48. The molecule has 0 bridgehead atoms. The summed E-state index contributed by atoms with van der Waals surface area (Å²) in [4.78, 5) is 7.36. The molecule has 0 saturated heterocycles. The maximum Gasteiger partial charge on any atom is 0.0793 e. The van der Waals surface area contributed by atoms with Crippen LogP contribution in [0.2, 0.25) is 0 Å². The first-order valence-electron chi connectivity index (χ1n) is 8.46. The van der Waals surface area contributed by atoms with Crippen molar-refractivity contribution in [1.82, 2.24) is 4.90 Å². The van der Waals surface area contributed by atoms with E-state index >= 15 is 0 Å². The summed E-state index contributed by atoms with van der Waals surface area (Å²) in [6.45, 7) is 4.22. The third-order valence-electron chi connectivity index (χ3n) is 4.46. The molecule has 0 saturated carbocycles. The minimum atomic E-state index is 0.121. The largest absolute Gasteiger partial charge is 0.377 e. The summed E-state index contributed by atoms with van der Waals surface area (Å²) < 4.78 is 5.49. The zero-order chi connectivity index (χ0) is 17.1. The van der Waals surface area contributed by atoms with E-state index < -0.39 is 0 Å². The summed E-state index contributed by atoms with van der Waals surface area (Å²) in [6, 6.07) is 15.4. The van der Waals surface area contributed by atoms with Gasteiger partial charge in [-0.05, 0) is 63.8 Å². The lowest BCUT2D eigenvalue weighted by Crippen LogP contribution is -2.25. The summed E-state index contributed by atoms with van der Waals surface area (Å²) in [5.41, 5.74) is 3.86. The second-order valence-electron chi connectivity index (χ2n) is 6.48. The van der Waals surface area contributed by atoms with Crippen molar-refractivity contribution in [2.45, 2.75) is 29.2 Å². The molecule has 2 aromatic rings. The molecule has 24 heavy (non-hydrogen) atoms. The van der Waals surface area contributed by atoms with E-state index in [0.717, 1.165) is 19.5 Å². The summed E-state index contributed by atoms with van der Waals surface area (Å²) >= 11 is 1.86. The standard InChI is InChI=1S/C20H26N2OS/c1-15(23-4)16-10-11-18-20(14-16)24-19-9-6-5-8-17(19)22(18)13-7-12-21(2)3/h5-6,8-11,14-15H,7,12-13H2,1-4H3. The van der Waals surface area contributed by atoms with E-state index in [9.17, 15) is 0 Å². The molecule has 0 radical (unpaired) electrons. The van der Waals surface area contributed by atoms with Crippen molar-refractivity contribution in [3.05, 3.63) is 48.0 Å². The van der Waals surface area contributed by atoms with Crippen molar-refractivity contribution in [2.24, 2.45) is 0 Å². The number of anilines is 2. The van der Waals surface area contributed by atoms with Crippen LogP contribution in [0.15, 0.2) is 52.3 Å². The SMILES string of the molecule is COC(C)c1ccc2c(c1)Sc1ccccc1N2CCCN(C)C. The smallest absolute Gasteiger partial charge is 0.0793 e. The van der Waals surface area contributed by atoms with Crippen LogP contribution in [0.4, 0.5) is 11.4 Å². The number of hydrogen-bond donors (Lipinski definition) is 0. The number of hydrogen-bond acceptors (Lipinski definition) is 4. The lowest BCUT2D eigenvalue weighted by atomic mass is 10.1. The first-order valence-corrected chi connectivity index (χ1v) is 9.27. The van der Waals surface area contributed by atoms with Gasteiger partial charge in [0, 0.05) is 23.4 Å². The fraction of sp³-hybridized carbons (Fsp3) is 0.400. The van der Waals surface area contributed by atoms with Gasteiger partial charge in [0.15, 0.2) is 0 Å². The van der Waals surface area contributed by atoms with E-state index in [1.54, 1.807) is 7.11 Å². The normalized spacial score (nSPS) is 14.5. The van der Waals surface area contributed by atoms with Crippen LogP contribution >= 0.6 is 11.8 Å². The van der Waals surface area contributed by atoms with Crippen molar-refractivity contribution in [1.29, 1.82) is 0 Å². The molecule has 0 N–H and O–H groups in total. The van der Waals surface area contributed by atoms with Crippen LogP contribution in [0.3, 0.4) is 0 Å². The lowest BCUT2D eigenvalue weighted by molar-refractivity contribution is 0.119. The van der Waals surface area contributed by atoms with Gasteiger partial charge < -0.3 is 14.5 Å². The van der Waals surface area contributed by atoms with Gasteiger partial charge in [-0.1, -0.05) is 30.0 Å². The molecule has 128 valence electrons. The minimum absolute atomic E-state index is 0.121. The van der Waals surface area contributed by atoms with Crippen LogP contribution < -0.4 is 4.90 Å². The highest BCUT2D eigenvalue weighted by Gasteiger charge is 2.23. The first kappa shape index (κ1) is 17.3. The van der Waals surface area contributed by atoms with Crippen molar-refractivity contribution in [2.75, 3.05) is 39.2 Å². The molecular formula is C20H26N2OS. The molecular weight excluding hydrogens is 316 g/mol. The molecule has 1 aliphatic rings. The van der Waals surface area contributed by atoms with Gasteiger partial charge in [0.05, 0.1) is 17.5 Å². The fourth-order valence-corrected chi connectivity index (χ4v) is 4.17. The quantitative estimate of drug-likeness (QED) is 0.738. The highest BCUT2D eigenvalue weighted by atomic mass is 32.2. The van der Waals surface area contributed by atoms with E-state index in [1.165, 1.54) is 26.7 Å².